The summed E-state index contributed by atoms with van der Waals surface area (Å²) in [6.45, 7) is 2.77. The molecule has 0 amide bonds. The Morgan fingerprint density at radius 1 is 1.47 bits per heavy atom. The Morgan fingerprint density at radius 3 is 3.13 bits per heavy atom. The van der Waals surface area contributed by atoms with Gasteiger partial charge >= 0.3 is 0 Å². The fourth-order valence-electron chi connectivity index (χ4n) is 1.23. The number of fused-ring (bicyclic) bond motifs is 1. The molecule has 0 unspecified atom stereocenters. The third-order valence-electron chi connectivity index (χ3n) is 2.09. The van der Waals surface area contributed by atoms with Crippen LogP contribution in [0.2, 0.25) is 0 Å². The smallest absolute Gasteiger partial charge is 0.263 e. The van der Waals surface area contributed by atoms with E-state index in [0.717, 1.165) is 18.2 Å². The second kappa shape index (κ2) is 4.16. The lowest BCUT2D eigenvalue weighted by atomic mass is 10.3. The lowest BCUT2D eigenvalue weighted by Crippen LogP contribution is -1.98. The number of hydrogen-bond acceptors (Lipinski definition) is 5. The molecule has 0 radical (unpaired) electrons. The van der Waals surface area contributed by atoms with Gasteiger partial charge in [0.2, 0.25) is 5.88 Å². The molecule has 2 aromatic heterocycles. The van der Waals surface area contributed by atoms with Gasteiger partial charge in [-0.25, -0.2) is 0 Å². The summed E-state index contributed by atoms with van der Waals surface area (Å²) in [6, 6.07) is 3.57. The van der Waals surface area contributed by atoms with Crippen LogP contribution < -0.4 is 10.5 Å². The fourth-order valence-corrected chi connectivity index (χ4v) is 1.23. The molecule has 2 rings (SSSR count). The number of pyridine rings is 1. The molecule has 0 bridgehead atoms. The molecule has 0 saturated heterocycles. The number of ether oxygens (including phenoxy) is 1. The van der Waals surface area contributed by atoms with Crippen molar-refractivity contribution in [1.82, 2.24) is 10.1 Å². The molecule has 5 nitrogen and oxygen atoms in total. The van der Waals surface area contributed by atoms with Crippen molar-refractivity contribution in [2.24, 2.45) is 0 Å². The van der Waals surface area contributed by atoms with Gasteiger partial charge in [0, 0.05) is 6.07 Å². The van der Waals surface area contributed by atoms with Crippen molar-refractivity contribution in [3.8, 4) is 5.88 Å². The van der Waals surface area contributed by atoms with Crippen molar-refractivity contribution in [2.45, 2.75) is 19.8 Å². The van der Waals surface area contributed by atoms with Gasteiger partial charge in [0.15, 0.2) is 5.82 Å². The summed E-state index contributed by atoms with van der Waals surface area (Å²) < 4.78 is 10.4. The molecule has 0 aliphatic heterocycles. The molecule has 0 aliphatic carbocycles. The van der Waals surface area contributed by atoms with Gasteiger partial charge < -0.3 is 15.0 Å². The van der Waals surface area contributed by atoms with E-state index in [-0.39, 0.29) is 0 Å². The maximum atomic E-state index is 5.56. The van der Waals surface area contributed by atoms with Gasteiger partial charge in [-0.1, -0.05) is 18.5 Å². The Balaban J connectivity index is 2.16. The van der Waals surface area contributed by atoms with E-state index in [1.807, 2.05) is 0 Å². The van der Waals surface area contributed by atoms with Crippen molar-refractivity contribution in [3.05, 3.63) is 12.1 Å². The summed E-state index contributed by atoms with van der Waals surface area (Å²) in [7, 11) is 0. The number of aromatic nitrogens is 2. The Kier molecular flexibility index (Phi) is 2.71. The Labute approximate surface area is 87.2 Å². The van der Waals surface area contributed by atoms with Crippen molar-refractivity contribution >= 4 is 16.9 Å². The lowest BCUT2D eigenvalue weighted by molar-refractivity contribution is 0.297. The summed E-state index contributed by atoms with van der Waals surface area (Å²) >= 11 is 0. The monoisotopic (exact) mass is 207 g/mol. The predicted molar refractivity (Wildman–Crippen MR) is 56.6 cm³/mol. The highest BCUT2D eigenvalue weighted by atomic mass is 16.5. The zero-order chi connectivity index (χ0) is 10.7. The van der Waals surface area contributed by atoms with E-state index in [9.17, 15) is 0 Å². The van der Waals surface area contributed by atoms with Crippen LogP contribution in [-0.2, 0) is 0 Å². The Hall–Kier alpha value is -1.78. The SMILES string of the molecule is CCCCOc1ccc2c(N)noc2n1. The Bertz CT molecular complexity index is 453. The Morgan fingerprint density at radius 2 is 2.33 bits per heavy atom. The van der Waals surface area contributed by atoms with Gasteiger partial charge in [-0.2, -0.15) is 4.98 Å². The van der Waals surface area contributed by atoms with Crippen LogP contribution in [0.15, 0.2) is 16.7 Å². The normalized spacial score (nSPS) is 10.7. The standard InChI is InChI=1S/C10H13N3O2/c1-2-3-6-14-8-5-4-7-9(11)13-15-10(7)12-8/h4-5H,2-3,6H2,1H3,(H2,11,13). The predicted octanol–water partition coefficient (Wildman–Crippen LogP) is 1.98. The van der Waals surface area contributed by atoms with Gasteiger partial charge in [-0.3, -0.25) is 0 Å². The molecule has 0 fully saturated rings. The molecule has 2 N–H and O–H groups in total. The first-order valence-corrected chi connectivity index (χ1v) is 4.96. The first kappa shape index (κ1) is 9.76. The van der Waals surface area contributed by atoms with Crippen LogP contribution in [-0.4, -0.2) is 16.7 Å². The maximum Gasteiger partial charge on any atom is 0.263 e. The maximum absolute atomic E-state index is 5.56. The number of anilines is 1. The van der Waals surface area contributed by atoms with Crippen molar-refractivity contribution < 1.29 is 9.26 Å². The molecular weight excluding hydrogens is 194 g/mol. The number of nitrogens with two attached hydrogens (primary N) is 1. The van der Waals surface area contributed by atoms with Crippen molar-refractivity contribution in [2.75, 3.05) is 12.3 Å². The minimum Gasteiger partial charge on any atom is -0.478 e. The van der Waals surface area contributed by atoms with E-state index >= 15 is 0 Å². The summed E-state index contributed by atoms with van der Waals surface area (Å²) in [4.78, 5) is 4.14. The van der Waals surface area contributed by atoms with E-state index < -0.39 is 0 Å². The number of unbranched alkanes of at least 4 members (excludes halogenated alkanes) is 1. The quantitative estimate of drug-likeness (QED) is 0.776. The zero-order valence-electron chi connectivity index (χ0n) is 8.56. The van der Waals surface area contributed by atoms with Crippen LogP contribution in [0.5, 0.6) is 5.88 Å². The minimum absolute atomic E-state index is 0.359. The highest BCUT2D eigenvalue weighted by Crippen LogP contribution is 2.21. The summed E-state index contributed by atoms with van der Waals surface area (Å²) in [6.07, 6.45) is 2.11. The third kappa shape index (κ3) is 2.01. The average Bonchev–Trinajstić information content (AvgIpc) is 2.61. The first-order chi connectivity index (χ1) is 7.31. The van der Waals surface area contributed by atoms with Crippen molar-refractivity contribution in [3.63, 3.8) is 0 Å². The molecule has 0 saturated carbocycles. The van der Waals surface area contributed by atoms with Gasteiger partial charge in [0.1, 0.15) is 0 Å². The average molecular weight is 207 g/mol. The molecule has 0 atom stereocenters. The number of nitrogen functional groups attached to an aromatic ring is 1. The van der Waals surface area contributed by atoms with Gasteiger partial charge in [0.25, 0.3) is 5.71 Å². The molecule has 0 spiro atoms. The third-order valence-corrected chi connectivity index (χ3v) is 2.09. The zero-order valence-corrected chi connectivity index (χ0v) is 8.56. The molecule has 15 heavy (non-hydrogen) atoms. The number of nitrogens with zero attached hydrogens (tertiary/aromatic N) is 2. The molecule has 2 heterocycles. The lowest BCUT2D eigenvalue weighted by Gasteiger charge is -2.02. The molecule has 2 aromatic rings. The van der Waals surface area contributed by atoms with Gasteiger partial charge in [-0.15, -0.1) is 0 Å². The van der Waals surface area contributed by atoms with E-state index in [4.69, 9.17) is 15.0 Å². The van der Waals surface area contributed by atoms with Crippen LogP contribution in [0.25, 0.3) is 11.1 Å². The van der Waals surface area contributed by atoms with E-state index in [0.29, 0.717) is 24.0 Å². The fraction of sp³-hybridized carbons (Fsp3) is 0.400. The highest BCUT2D eigenvalue weighted by Gasteiger charge is 2.07. The van der Waals surface area contributed by atoms with Crippen LogP contribution in [0.3, 0.4) is 0 Å². The van der Waals surface area contributed by atoms with Gasteiger partial charge in [0.05, 0.1) is 12.0 Å². The van der Waals surface area contributed by atoms with Crippen LogP contribution in [0, 0.1) is 0 Å². The van der Waals surface area contributed by atoms with E-state index in [1.54, 1.807) is 12.1 Å². The number of hydrogen-bond donors (Lipinski definition) is 1. The second-order valence-corrected chi connectivity index (χ2v) is 3.27. The molecule has 0 aliphatic rings. The number of rotatable bonds is 4. The topological polar surface area (TPSA) is 74.2 Å². The summed E-state index contributed by atoms with van der Waals surface area (Å²) in [5.41, 5.74) is 5.98. The molecule has 0 aromatic carbocycles. The second-order valence-electron chi connectivity index (χ2n) is 3.27. The van der Waals surface area contributed by atoms with Crippen LogP contribution >= 0.6 is 0 Å². The molecule has 5 heteroatoms. The summed E-state index contributed by atoms with van der Waals surface area (Å²) in [5.74, 6) is 0.907. The van der Waals surface area contributed by atoms with E-state index in [1.165, 1.54) is 0 Å². The largest absolute Gasteiger partial charge is 0.478 e. The van der Waals surface area contributed by atoms with Crippen LogP contribution in [0.4, 0.5) is 5.82 Å². The van der Waals surface area contributed by atoms with Crippen LogP contribution in [0.1, 0.15) is 19.8 Å². The summed E-state index contributed by atoms with van der Waals surface area (Å²) in [5, 5.41) is 4.34. The van der Waals surface area contributed by atoms with Gasteiger partial charge in [-0.05, 0) is 12.5 Å². The van der Waals surface area contributed by atoms with Crippen molar-refractivity contribution in [1.29, 1.82) is 0 Å². The highest BCUT2D eigenvalue weighted by molar-refractivity contribution is 5.84. The molecular formula is C10H13N3O2. The first-order valence-electron chi connectivity index (χ1n) is 4.96. The molecule has 80 valence electrons. The minimum atomic E-state index is 0.359. The van der Waals surface area contributed by atoms with E-state index in [2.05, 4.69) is 17.1 Å².